The van der Waals surface area contributed by atoms with Crippen LogP contribution in [-0.2, 0) is 13.6 Å². The zero-order valence-electron chi connectivity index (χ0n) is 10.5. The van der Waals surface area contributed by atoms with Gasteiger partial charge >= 0.3 is 0 Å². The number of hydrogen-bond donors (Lipinski definition) is 1. The van der Waals surface area contributed by atoms with E-state index in [-0.39, 0.29) is 0 Å². The van der Waals surface area contributed by atoms with Crippen molar-refractivity contribution in [3.63, 3.8) is 0 Å². The van der Waals surface area contributed by atoms with E-state index in [1.165, 1.54) is 0 Å². The number of aryl methyl sites for hydroxylation is 1. The van der Waals surface area contributed by atoms with Gasteiger partial charge in [0.1, 0.15) is 11.6 Å². The minimum Gasteiger partial charge on any atom is -0.362 e. The third-order valence-corrected chi connectivity index (χ3v) is 3.78. The van der Waals surface area contributed by atoms with E-state index in [0.717, 1.165) is 26.9 Å². The standard InChI is InChI=1S/C14H13BrN4/c1-19-8-7-16-13(19)9-18-14-11-3-2-4-12(15)10(11)5-6-17-14/h2-8H,9H2,1H3,(H,17,18). The third-order valence-electron chi connectivity index (χ3n) is 3.09. The molecule has 0 aliphatic heterocycles. The molecule has 1 aromatic carbocycles. The van der Waals surface area contributed by atoms with E-state index in [1.807, 2.05) is 42.2 Å². The van der Waals surface area contributed by atoms with E-state index in [2.05, 4.69) is 37.3 Å². The Morgan fingerprint density at radius 1 is 1.16 bits per heavy atom. The summed E-state index contributed by atoms with van der Waals surface area (Å²) in [5.74, 6) is 1.86. The smallest absolute Gasteiger partial charge is 0.134 e. The highest BCUT2D eigenvalue weighted by molar-refractivity contribution is 9.10. The Balaban J connectivity index is 1.93. The maximum atomic E-state index is 4.41. The Bertz CT molecular complexity index is 720. The molecule has 0 unspecified atom stereocenters. The van der Waals surface area contributed by atoms with Crippen LogP contribution >= 0.6 is 15.9 Å². The Kier molecular flexibility index (Phi) is 3.21. The second kappa shape index (κ2) is 5.01. The van der Waals surface area contributed by atoms with Gasteiger partial charge in [-0.2, -0.15) is 0 Å². The maximum Gasteiger partial charge on any atom is 0.134 e. The quantitative estimate of drug-likeness (QED) is 0.805. The molecule has 5 heteroatoms. The van der Waals surface area contributed by atoms with E-state index >= 15 is 0 Å². The molecule has 0 spiro atoms. The van der Waals surface area contributed by atoms with Crippen LogP contribution < -0.4 is 5.32 Å². The van der Waals surface area contributed by atoms with Gasteiger partial charge in [-0.15, -0.1) is 0 Å². The first-order chi connectivity index (χ1) is 9.25. The lowest BCUT2D eigenvalue weighted by molar-refractivity contribution is 0.811. The minimum atomic E-state index is 0.655. The molecule has 0 saturated heterocycles. The number of imidazole rings is 1. The van der Waals surface area contributed by atoms with Crippen molar-refractivity contribution in [3.05, 3.63) is 53.2 Å². The summed E-state index contributed by atoms with van der Waals surface area (Å²) in [5.41, 5.74) is 0. The summed E-state index contributed by atoms with van der Waals surface area (Å²) in [6.07, 6.45) is 5.54. The number of fused-ring (bicyclic) bond motifs is 1. The second-order valence-electron chi connectivity index (χ2n) is 4.30. The van der Waals surface area contributed by atoms with Gasteiger partial charge in [0.25, 0.3) is 0 Å². The molecule has 19 heavy (non-hydrogen) atoms. The number of pyridine rings is 1. The predicted octanol–water partition coefficient (Wildman–Crippen LogP) is 3.34. The average Bonchev–Trinajstić information content (AvgIpc) is 2.82. The molecule has 0 bridgehead atoms. The van der Waals surface area contributed by atoms with Crippen molar-refractivity contribution in [3.8, 4) is 0 Å². The normalized spacial score (nSPS) is 10.8. The number of benzene rings is 1. The van der Waals surface area contributed by atoms with Crippen LogP contribution in [0.3, 0.4) is 0 Å². The van der Waals surface area contributed by atoms with Gasteiger partial charge in [-0.1, -0.05) is 28.1 Å². The van der Waals surface area contributed by atoms with Gasteiger partial charge in [-0.05, 0) is 12.1 Å². The fourth-order valence-corrected chi connectivity index (χ4v) is 2.54. The topological polar surface area (TPSA) is 42.7 Å². The second-order valence-corrected chi connectivity index (χ2v) is 5.16. The van der Waals surface area contributed by atoms with Crippen molar-refractivity contribution in [2.45, 2.75) is 6.54 Å². The Morgan fingerprint density at radius 3 is 2.84 bits per heavy atom. The summed E-state index contributed by atoms with van der Waals surface area (Å²) in [5, 5.41) is 5.60. The minimum absolute atomic E-state index is 0.655. The van der Waals surface area contributed by atoms with E-state index in [0.29, 0.717) is 6.54 Å². The van der Waals surface area contributed by atoms with Crippen LogP contribution in [0.1, 0.15) is 5.82 Å². The molecule has 0 aliphatic rings. The molecule has 0 fully saturated rings. The predicted molar refractivity (Wildman–Crippen MR) is 80.0 cm³/mol. The number of anilines is 1. The third kappa shape index (κ3) is 2.33. The summed E-state index contributed by atoms with van der Waals surface area (Å²) in [6.45, 7) is 0.655. The summed E-state index contributed by atoms with van der Waals surface area (Å²) in [4.78, 5) is 8.70. The van der Waals surface area contributed by atoms with E-state index < -0.39 is 0 Å². The van der Waals surface area contributed by atoms with Gasteiger partial charge in [0, 0.05) is 40.9 Å². The fraction of sp³-hybridized carbons (Fsp3) is 0.143. The van der Waals surface area contributed by atoms with Crippen molar-refractivity contribution in [2.24, 2.45) is 7.05 Å². The van der Waals surface area contributed by atoms with Crippen molar-refractivity contribution in [1.29, 1.82) is 0 Å². The van der Waals surface area contributed by atoms with Gasteiger partial charge in [-0.25, -0.2) is 9.97 Å². The summed E-state index contributed by atoms with van der Waals surface area (Å²) in [7, 11) is 1.98. The number of halogens is 1. The fourth-order valence-electron chi connectivity index (χ4n) is 2.04. The van der Waals surface area contributed by atoms with E-state index in [1.54, 1.807) is 6.20 Å². The number of nitrogens with zero attached hydrogens (tertiary/aromatic N) is 3. The maximum absolute atomic E-state index is 4.41. The van der Waals surface area contributed by atoms with Crippen LogP contribution in [0, 0.1) is 0 Å². The summed E-state index contributed by atoms with van der Waals surface area (Å²) in [6, 6.07) is 8.12. The highest BCUT2D eigenvalue weighted by Crippen LogP contribution is 2.27. The number of aromatic nitrogens is 3. The lowest BCUT2D eigenvalue weighted by Gasteiger charge is -2.09. The molecule has 3 aromatic rings. The average molecular weight is 317 g/mol. The highest BCUT2D eigenvalue weighted by Gasteiger charge is 2.05. The number of nitrogens with one attached hydrogen (secondary N) is 1. The first kappa shape index (κ1) is 12.2. The van der Waals surface area contributed by atoms with Crippen LogP contribution in [0.15, 0.2) is 47.3 Å². The van der Waals surface area contributed by atoms with Crippen LogP contribution in [0.25, 0.3) is 10.8 Å². The van der Waals surface area contributed by atoms with Gasteiger partial charge in [0.15, 0.2) is 0 Å². The Hall–Kier alpha value is -1.88. The molecule has 2 heterocycles. The van der Waals surface area contributed by atoms with Crippen LogP contribution in [0.2, 0.25) is 0 Å². The van der Waals surface area contributed by atoms with E-state index in [9.17, 15) is 0 Å². The van der Waals surface area contributed by atoms with Crippen LogP contribution in [0.4, 0.5) is 5.82 Å². The molecule has 0 saturated carbocycles. The van der Waals surface area contributed by atoms with Crippen LogP contribution in [-0.4, -0.2) is 14.5 Å². The summed E-state index contributed by atoms with van der Waals surface area (Å²) < 4.78 is 3.07. The van der Waals surface area contributed by atoms with Gasteiger partial charge in [0.05, 0.1) is 6.54 Å². The number of rotatable bonds is 3. The summed E-state index contributed by atoms with van der Waals surface area (Å²) >= 11 is 3.56. The number of hydrogen-bond acceptors (Lipinski definition) is 3. The molecule has 0 radical (unpaired) electrons. The lowest BCUT2D eigenvalue weighted by atomic mass is 10.1. The van der Waals surface area contributed by atoms with E-state index in [4.69, 9.17) is 0 Å². The molecule has 0 atom stereocenters. The lowest BCUT2D eigenvalue weighted by Crippen LogP contribution is -2.07. The Labute approximate surface area is 119 Å². The molecule has 0 amide bonds. The highest BCUT2D eigenvalue weighted by atomic mass is 79.9. The van der Waals surface area contributed by atoms with Gasteiger partial charge < -0.3 is 9.88 Å². The molecule has 2 aromatic heterocycles. The van der Waals surface area contributed by atoms with Gasteiger partial charge in [0.2, 0.25) is 0 Å². The molecule has 3 rings (SSSR count). The molecule has 1 N–H and O–H groups in total. The molecule has 0 aliphatic carbocycles. The van der Waals surface area contributed by atoms with Crippen molar-refractivity contribution in [1.82, 2.24) is 14.5 Å². The first-order valence-corrected chi connectivity index (χ1v) is 6.78. The molecule has 96 valence electrons. The zero-order chi connectivity index (χ0) is 13.2. The largest absolute Gasteiger partial charge is 0.362 e. The van der Waals surface area contributed by atoms with Crippen molar-refractivity contribution in [2.75, 3.05) is 5.32 Å². The molecular formula is C14H13BrN4. The monoisotopic (exact) mass is 316 g/mol. The molecule has 4 nitrogen and oxygen atoms in total. The van der Waals surface area contributed by atoms with Crippen LogP contribution in [0.5, 0.6) is 0 Å². The SMILES string of the molecule is Cn1ccnc1CNc1nccc2c(Br)cccc12. The Morgan fingerprint density at radius 2 is 2.05 bits per heavy atom. The first-order valence-electron chi connectivity index (χ1n) is 5.99. The molecular weight excluding hydrogens is 304 g/mol. The van der Waals surface area contributed by atoms with Crippen molar-refractivity contribution >= 4 is 32.5 Å². The van der Waals surface area contributed by atoms with Crippen molar-refractivity contribution < 1.29 is 0 Å². The zero-order valence-corrected chi connectivity index (χ0v) is 12.1. The van der Waals surface area contributed by atoms with Gasteiger partial charge in [-0.3, -0.25) is 0 Å².